The van der Waals surface area contributed by atoms with Crippen molar-refractivity contribution in [2.24, 2.45) is 0 Å². The van der Waals surface area contributed by atoms with Crippen LogP contribution in [0.3, 0.4) is 0 Å². The molecule has 2 rings (SSSR count). The van der Waals surface area contributed by atoms with E-state index < -0.39 is 0 Å². The standard InChI is InChI=1S/C14H20N2O/c1-4-10-7-12-14(13(17)8-10)11(9-15-12)5-6-16(2)3/h7-9,15,17H,4-6H2,1-3H3. The topological polar surface area (TPSA) is 39.3 Å². The molecule has 0 spiro atoms. The van der Waals surface area contributed by atoms with E-state index in [1.54, 1.807) is 0 Å². The number of aromatic hydroxyl groups is 1. The summed E-state index contributed by atoms with van der Waals surface area (Å²) < 4.78 is 0. The van der Waals surface area contributed by atoms with Crippen LogP contribution < -0.4 is 0 Å². The third kappa shape index (κ3) is 2.44. The molecule has 3 nitrogen and oxygen atoms in total. The number of phenolic OH excluding ortho intramolecular Hbond substituents is 1. The lowest BCUT2D eigenvalue weighted by Gasteiger charge is -2.09. The number of benzene rings is 1. The van der Waals surface area contributed by atoms with Crippen molar-refractivity contribution < 1.29 is 5.11 Å². The molecular formula is C14H20N2O. The molecule has 0 radical (unpaired) electrons. The molecule has 0 aliphatic rings. The summed E-state index contributed by atoms with van der Waals surface area (Å²) in [6.07, 6.45) is 3.90. The molecule has 1 aromatic carbocycles. The van der Waals surface area contributed by atoms with Crippen LogP contribution in [0.25, 0.3) is 10.9 Å². The first-order chi connectivity index (χ1) is 8.11. The van der Waals surface area contributed by atoms with E-state index >= 15 is 0 Å². The van der Waals surface area contributed by atoms with Crippen LogP contribution in [0.4, 0.5) is 0 Å². The zero-order chi connectivity index (χ0) is 12.4. The number of fused-ring (bicyclic) bond motifs is 1. The molecule has 0 amide bonds. The van der Waals surface area contributed by atoms with E-state index in [0.717, 1.165) is 35.9 Å². The maximum atomic E-state index is 10.1. The Morgan fingerprint density at radius 1 is 1.29 bits per heavy atom. The lowest BCUT2D eigenvalue weighted by Crippen LogP contribution is -2.14. The zero-order valence-corrected chi connectivity index (χ0v) is 10.7. The van der Waals surface area contributed by atoms with Gasteiger partial charge in [0.1, 0.15) is 5.75 Å². The highest BCUT2D eigenvalue weighted by Crippen LogP contribution is 2.30. The van der Waals surface area contributed by atoms with E-state index in [2.05, 4.69) is 37.0 Å². The Balaban J connectivity index is 2.39. The van der Waals surface area contributed by atoms with E-state index in [1.165, 1.54) is 5.56 Å². The highest BCUT2D eigenvalue weighted by molar-refractivity contribution is 5.89. The van der Waals surface area contributed by atoms with Gasteiger partial charge in [-0.3, -0.25) is 0 Å². The Bertz CT molecular complexity index is 514. The van der Waals surface area contributed by atoms with E-state index in [0.29, 0.717) is 5.75 Å². The summed E-state index contributed by atoms with van der Waals surface area (Å²) in [7, 11) is 4.12. The second kappa shape index (κ2) is 4.80. The van der Waals surface area contributed by atoms with Crippen LogP contribution in [0, 0.1) is 0 Å². The van der Waals surface area contributed by atoms with Crippen LogP contribution in [0.2, 0.25) is 0 Å². The van der Waals surface area contributed by atoms with Gasteiger partial charge in [0.15, 0.2) is 0 Å². The molecule has 0 aliphatic carbocycles. The van der Waals surface area contributed by atoms with Crippen LogP contribution in [0.15, 0.2) is 18.3 Å². The average molecular weight is 232 g/mol. The molecule has 0 saturated carbocycles. The number of nitrogens with zero attached hydrogens (tertiary/aromatic N) is 1. The van der Waals surface area contributed by atoms with Gasteiger partial charge in [0, 0.05) is 23.6 Å². The molecule has 2 aromatic rings. The van der Waals surface area contributed by atoms with Crippen LogP contribution in [0.5, 0.6) is 5.75 Å². The fourth-order valence-corrected chi connectivity index (χ4v) is 2.12. The first kappa shape index (κ1) is 12.0. The lowest BCUT2D eigenvalue weighted by atomic mass is 10.1. The number of likely N-dealkylation sites (N-methyl/N-ethyl adjacent to an activating group) is 1. The number of phenols is 1. The van der Waals surface area contributed by atoms with Crippen molar-refractivity contribution in [1.29, 1.82) is 0 Å². The summed E-state index contributed by atoms with van der Waals surface area (Å²) in [4.78, 5) is 5.40. The highest BCUT2D eigenvalue weighted by atomic mass is 16.3. The summed E-state index contributed by atoms with van der Waals surface area (Å²) in [5.41, 5.74) is 3.39. The van der Waals surface area contributed by atoms with Crippen molar-refractivity contribution in [2.75, 3.05) is 20.6 Å². The van der Waals surface area contributed by atoms with Crippen molar-refractivity contribution in [3.63, 3.8) is 0 Å². The first-order valence-corrected chi connectivity index (χ1v) is 6.08. The number of aryl methyl sites for hydroxylation is 1. The lowest BCUT2D eigenvalue weighted by molar-refractivity contribution is 0.414. The van der Waals surface area contributed by atoms with Crippen LogP contribution in [-0.4, -0.2) is 35.6 Å². The van der Waals surface area contributed by atoms with Gasteiger partial charge < -0.3 is 15.0 Å². The van der Waals surface area contributed by atoms with E-state index in [-0.39, 0.29) is 0 Å². The van der Waals surface area contributed by atoms with Gasteiger partial charge in [-0.15, -0.1) is 0 Å². The minimum absolute atomic E-state index is 0.398. The molecule has 0 fully saturated rings. The van der Waals surface area contributed by atoms with Gasteiger partial charge in [-0.1, -0.05) is 6.92 Å². The summed E-state index contributed by atoms with van der Waals surface area (Å²) >= 11 is 0. The quantitative estimate of drug-likeness (QED) is 0.850. The minimum Gasteiger partial charge on any atom is -0.507 e. The zero-order valence-electron chi connectivity index (χ0n) is 10.7. The number of nitrogens with one attached hydrogen (secondary N) is 1. The summed E-state index contributed by atoms with van der Waals surface area (Å²) in [5.74, 6) is 0.398. The van der Waals surface area contributed by atoms with Crippen molar-refractivity contribution in [3.05, 3.63) is 29.5 Å². The Morgan fingerprint density at radius 2 is 2.06 bits per heavy atom. The number of H-pyrrole nitrogens is 1. The van der Waals surface area contributed by atoms with E-state index in [4.69, 9.17) is 0 Å². The molecule has 3 heteroatoms. The number of rotatable bonds is 4. The van der Waals surface area contributed by atoms with E-state index in [1.807, 2.05) is 12.3 Å². The number of aromatic amines is 1. The summed E-state index contributed by atoms with van der Waals surface area (Å²) in [6.45, 7) is 3.08. The van der Waals surface area contributed by atoms with Crippen molar-refractivity contribution >= 4 is 10.9 Å². The van der Waals surface area contributed by atoms with Gasteiger partial charge in [-0.05, 0) is 50.2 Å². The molecule has 1 heterocycles. The van der Waals surface area contributed by atoms with Gasteiger partial charge in [-0.2, -0.15) is 0 Å². The molecule has 0 unspecified atom stereocenters. The molecule has 2 N–H and O–H groups in total. The third-order valence-corrected chi connectivity index (χ3v) is 3.14. The summed E-state index contributed by atoms with van der Waals surface area (Å²) in [5, 5.41) is 11.1. The maximum absolute atomic E-state index is 10.1. The van der Waals surface area contributed by atoms with Gasteiger partial charge in [0.05, 0.1) is 0 Å². The van der Waals surface area contributed by atoms with Crippen LogP contribution in [-0.2, 0) is 12.8 Å². The molecule has 17 heavy (non-hydrogen) atoms. The maximum Gasteiger partial charge on any atom is 0.125 e. The molecule has 0 saturated heterocycles. The molecule has 92 valence electrons. The summed E-state index contributed by atoms with van der Waals surface area (Å²) in [6, 6.07) is 3.99. The smallest absolute Gasteiger partial charge is 0.125 e. The second-order valence-corrected chi connectivity index (χ2v) is 4.76. The van der Waals surface area contributed by atoms with Gasteiger partial charge in [0.25, 0.3) is 0 Å². The fraction of sp³-hybridized carbons (Fsp3) is 0.429. The van der Waals surface area contributed by atoms with Gasteiger partial charge in [0.2, 0.25) is 0 Å². The molecule has 0 bridgehead atoms. The van der Waals surface area contributed by atoms with Crippen LogP contribution >= 0.6 is 0 Å². The minimum atomic E-state index is 0.398. The van der Waals surface area contributed by atoms with Gasteiger partial charge in [-0.25, -0.2) is 0 Å². The predicted molar refractivity (Wildman–Crippen MR) is 71.6 cm³/mol. The molecule has 1 aromatic heterocycles. The average Bonchev–Trinajstić information content (AvgIpc) is 2.69. The Morgan fingerprint density at radius 3 is 2.71 bits per heavy atom. The molecule has 0 aliphatic heterocycles. The number of aromatic nitrogens is 1. The Kier molecular flexibility index (Phi) is 3.38. The normalized spacial score (nSPS) is 11.5. The van der Waals surface area contributed by atoms with Crippen molar-refractivity contribution in [2.45, 2.75) is 19.8 Å². The largest absolute Gasteiger partial charge is 0.507 e. The second-order valence-electron chi connectivity index (χ2n) is 4.76. The van der Waals surface area contributed by atoms with Crippen molar-refractivity contribution in [3.8, 4) is 5.75 Å². The monoisotopic (exact) mass is 232 g/mol. The third-order valence-electron chi connectivity index (χ3n) is 3.14. The number of hydrogen-bond acceptors (Lipinski definition) is 2. The molecular weight excluding hydrogens is 212 g/mol. The van der Waals surface area contributed by atoms with Gasteiger partial charge >= 0.3 is 0 Å². The Labute approximate surface area is 102 Å². The van der Waals surface area contributed by atoms with Crippen LogP contribution in [0.1, 0.15) is 18.1 Å². The highest BCUT2D eigenvalue weighted by Gasteiger charge is 2.09. The van der Waals surface area contributed by atoms with Crippen molar-refractivity contribution in [1.82, 2.24) is 9.88 Å². The Hall–Kier alpha value is -1.48. The fourth-order valence-electron chi connectivity index (χ4n) is 2.12. The first-order valence-electron chi connectivity index (χ1n) is 6.08. The number of hydrogen-bond donors (Lipinski definition) is 2. The SMILES string of the molecule is CCc1cc(O)c2c(CCN(C)C)c[nH]c2c1. The molecule has 0 atom stereocenters. The van der Waals surface area contributed by atoms with E-state index in [9.17, 15) is 5.11 Å². The predicted octanol–water partition coefficient (Wildman–Crippen LogP) is 2.54.